The molecule has 0 aliphatic carbocycles. The van der Waals surface area contributed by atoms with Crippen molar-refractivity contribution in [3.8, 4) is 5.69 Å². The van der Waals surface area contributed by atoms with Crippen LogP contribution in [0.5, 0.6) is 0 Å². The Morgan fingerprint density at radius 2 is 2.00 bits per heavy atom. The molecule has 9 heteroatoms. The Morgan fingerprint density at radius 1 is 1.16 bits per heavy atom. The maximum Gasteiger partial charge on any atom is 0.276 e. The van der Waals surface area contributed by atoms with Crippen LogP contribution in [-0.4, -0.2) is 49.9 Å². The Labute approximate surface area is 224 Å². The lowest BCUT2D eigenvalue weighted by Gasteiger charge is -2.18. The quantitative estimate of drug-likeness (QED) is 0.276. The van der Waals surface area contributed by atoms with E-state index in [-0.39, 0.29) is 12.0 Å². The summed E-state index contributed by atoms with van der Waals surface area (Å²) in [6, 6.07) is 20.1. The first-order chi connectivity index (χ1) is 18.1. The maximum atomic E-state index is 13.3. The Hall–Kier alpha value is -3.53. The number of benzene rings is 2. The number of hydrogen-bond acceptors (Lipinski definition) is 6. The lowest BCUT2D eigenvalue weighted by Crippen LogP contribution is -2.37. The number of carbonyl (C=O) groups excluding carboxylic acids is 1. The molecule has 2 fully saturated rings. The summed E-state index contributed by atoms with van der Waals surface area (Å²) in [6.45, 7) is 3.16. The van der Waals surface area contributed by atoms with Gasteiger partial charge in [0.05, 0.1) is 29.5 Å². The summed E-state index contributed by atoms with van der Waals surface area (Å²) in [7, 11) is 0. The van der Waals surface area contributed by atoms with Gasteiger partial charge in [0.25, 0.3) is 5.91 Å². The van der Waals surface area contributed by atoms with E-state index >= 15 is 0 Å². The first kappa shape index (κ1) is 23.8. The van der Waals surface area contributed by atoms with E-state index in [1.54, 1.807) is 22.9 Å². The van der Waals surface area contributed by atoms with E-state index in [9.17, 15) is 4.79 Å². The summed E-state index contributed by atoms with van der Waals surface area (Å²) in [5, 5.41) is 10.4. The number of aryl methyl sites for hydroxylation is 1. The molecule has 2 aliphatic rings. The first-order valence-corrected chi connectivity index (χ1v) is 13.4. The van der Waals surface area contributed by atoms with Crippen LogP contribution in [0.25, 0.3) is 22.7 Å². The average molecular weight is 528 g/mol. The highest BCUT2D eigenvalue weighted by atomic mass is 32.2. The van der Waals surface area contributed by atoms with Crippen molar-refractivity contribution in [3.63, 3.8) is 0 Å². The molecule has 6 rings (SSSR count). The number of hydrogen-bond donors (Lipinski definition) is 1. The zero-order chi connectivity index (χ0) is 25.4. The van der Waals surface area contributed by atoms with Crippen LogP contribution in [0.15, 0.2) is 82.5 Å². The molecule has 2 aromatic heterocycles. The van der Waals surface area contributed by atoms with Crippen LogP contribution in [0.1, 0.15) is 24.1 Å². The molecule has 1 atom stereocenters. The van der Waals surface area contributed by atoms with Crippen LogP contribution in [0.2, 0.25) is 0 Å². The van der Waals surface area contributed by atoms with Gasteiger partial charge < -0.3 is 10.1 Å². The van der Waals surface area contributed by atoms with Crippen LogP contribution in [0, 0.1) is 6.92 Å². The van der Waals surface area contributed by atoms with Gasteiger partial charge in [0.15, 0.2) is 5.11 Å². The highest BCUT2D eigenvalue weighted by molar-refractivity contribution is 7.99. The van der Waals surface area contributed by atoms with Crippen molar-refractivity contribution in [1.82, 2.24) is 25.0 Å². The third-order valence-corrected chi connectivity index (χ3v) is 7.98. The van der Waals surface area contributed by atoms with E-state index in [4.69, 9.17) is 22.1 Å². The fraction of sp³-hybridized carbons (Fsp3) is 0.214. The van der Waals surface area contributed by atoms with Crippen molar-refractivity contribution in [2.75, 3.05) is 13.2 Å². The van der Waals surface area contributed by atoms with Gasteiger partial charge in [0, 0.05) is 28.6 Å². The van der Waals surface area contributed by atoms with Crippen molar-refractivity contribution in [2.45, 2.75) is 35.8 Å². The number of pyridine rings is 1. The molecule has 2 saturated heterocycles. The molecule has 1 amide bonds. The highest BCUT2D eigenvalue weighted by Gasteiger charge is 2.34. The molecule has 0 bridgehead atoms. The molecule has 7 nitrogen and oxygen atoms in total. The van der Waals surface area contributed by atoms with Gasteiger partial charge in [-0.2, -0.15) is 5.10 Å². The molecule has 1 unspecified atom stereocenters. The summed E-state index contributed by atoms with van der Waals surface area (Å²) < 4.78 is 7.66. The monoisotopic (exact) mass is 527 g/mol. The fourth-order valence-corrected chi connectivity index (χ4v) is 6.10. The Balaban J connectivity index is 1.42. The molecule has 0 radical (unpaired) electrons. The van der Waals surface area contributed by atoms with E-state index in [0.29, 0.717) is 17.4 Å². The highest BCUT2D eigenvalue weighted by Crippen LogP contribution is 2.38. The summed E-state index contributed by atoms with van der Waals surface area (Å²) >= 11 is 7.10. The number of rotatable bonds is 6. The lowest BCUT2D eigenvalue weighted by molar-refractivity contribution is -0.123. The number of thiocarbonyl (C=S) groups is 1. The van der Waals surface area contributed by atoms with Gasteiger partial charge in [-0.05, 0) is 62.3 Å². The fourth-order valence-electron chi connectivity index (χ4n) is 4.66. The Kier molecular flexibility index (Phi) is 6.50. The number of nitrogens with one attached hydrogen (secondary N) is 1. The van der Waals surface area contributed by atoms with Crippen molar-refractivity contribution < 1.29 is 9.53 Å². The van der Waals surface area contributed by atoms with Crippen LogP contribution in [0.4, 0.5) is 0 Å². The number of amides is 1. The molecular formula is C28H25N5O2S2. The zero-order valence-electron chi connectivity index (χ0n) is 20.3. The van der Waals surface area contributed by atoms with E-state index in [0.717, 1.165) is 57.2 Å². The summed E-state index contributed by atoms with van der Waals surface area (Å²) in [5.41, 5.74) is 3.97. The molecule has 1 N–H and O–H groups in total. The Bertz CT molecular complexity index is 1520. The Morgan fingerprint density at radius 3 is 2.81 bits per heavy atom. The van der Waals surface area contributed by atoms with Crippen LogP contribution in [-0.2, 0) is 9.53 Å². The van der Waals surface area contributed by atoms with Gasteiger partial charge in [-0.25, -0.2) is 4.68 Å². The summed E-state index contributed by atoms with van der Waals surface area (Å²) in [5.74, 6) is -0.143. The van der Waals surface area contributed by atoms with Gasteiger partial charge in [-0.1, -0.05) is 48.2 Å². The van der Waals surface area contributed by atoms with E-state index < -0.39 is 0 Å². The van der Waals surface area contributed by atoms with E-state index in [1.165, 1.54) is 0 Å². The summed E-state index contributed by atoms with van der Waals surface area (Å²) in [4.78, 5) is 20.6. The van der Waals surface area contributed by atoms with Gasteiger partial charge >= 0.3 is 0 Å². The first-order valence-electron chi connectivity index (χ1n) is 12.2. The van der Waals surface area contributed by atoms with Crippen molar-refractivity contribution >= 4 is 52.0 Å². The average Bonchev–Trinajstić information content (AvgIpc) is 3.61. The second kappa shape index (κ2) is 10.1. The zero-order valence-corrected chi connectivity index (χ0v) is 21.9. The number of nitrogens with zero attached hydrogens (tertiary/aromatic N) is 4. The smallest absolute Gasteiger partial charge is 0.276 e. The van der Waals surface area contributed by atoms with Crippen LogP contribution >= 0.6 is 24.0 Å². The van der Waals surface area contributed by atoms with Gasteiger partial charge in [-0.3, -0.25) is 14.7 Å². The number of ether oxygens (including phenoxy) is 1. The number of para-hydroxylation sites is 2. The van der Waals surface area contributed by atoms with Crippen LogP contribution in [0.3, 0.4) is 0 Å². The minimum absolute atomic E-state index is 0.0237. The van der Waals surface area contributed by atoms with Gasteiger partial charge in [0.1, 0.15) is 10.7 Å². The van der Waals surface area contributed by atoms with Gasteiger partial charge in [0.2, 0.25) is 0 Å². The number of aromatic nitrogens is 3. The second-order valence-electron chi connectivity index (χ2n) is 9.02. The predicted molar refractivity (Wildman–Crippen MR) is 149 cm³/mol. The number of fused-ring (bicyclic) bond motifs is 1. The maximum absolute atomic E-state index is 13.3. The largest absolute Gasteiger partial charge is 0.376 e. The molecule has 2 aliphatic heterocycles. The van der Waals surface area contributed by atoms with Crippen molar-refractivity contribution in [1.29, 1.82) is 0 Å². The van der Waals surface area contributed by atoms with Crippen molar-refractivity contribution in [3.05, 3.63) is 83.8 Å². The predicted octanol–water partition coefficient (Wildman–Crippen LogP) is 5.12. The minimum Gasteiger partial charge on any atom is -0.376 e. The molecule has 37 heavy (non-hydrogen) atoms. The number of carbonyl (C=O) groups is 1. The topological polar surface area (TPSA) is 72.3 Å². The van der Waals surface area contributed by atoms with Gasteiger partial charge in [-0.15, -0.1) is 0 Å². The van der Waals surface area contributed by atoms with Crippen LogP contribution < -0.4 is 5.32 Å². The van der Waals surface area contributed by atoms with E-state index in [2.05, 4.69) is 28.5 Å². The SMILES string of the molecule is Cc1nn(-c2ccccc2)c(Sc2cccc3cccnc23)c1/C=C1/NC(=S)N(CC2CCCO2)C1=O. The summed E-state index contributed by atoms with van der Waals surface area (Å²) in [6.07, 6.45) is 5.65. The normalized spacial score (nSPS) is 18.8. The standard InChI is InChI=1S/C28H25N5O2S2/c1-18-22(16-23-26(34)32(28(36)30-23)17-21-12-7-15-35-21)27(33(31-18)20-10-3-2-4-11-20)37-24-13-5-8-19-9-6-14-29-25(19)24/h2-6,8-11,13-14,16,21H,7,12,15,17H2,1H3,(H,30,36)/b23-16+. The third kappa shape index (κ3) is 4.66. The molecule has 4 heterocycles. The molecular weight excluding hydrogens is 502 g/mol. The minimum atomic E-state index is -0.143. The second-order valence-corrected chi connectivity index (χ2v) is 10.4. The molecule has 0 spiro atoms. The third-order valence-electron chi connectivity index (χ3n) is 6.53. The lowest BCUT2D eigenvalue weighted by atomic mass is 10.2. The molecule has 0 saturated carbocycles. The molecule has 2 aromatic carbocycles. The van der Waals surface area contributed by atoms with Crippen molar-refractivity contribution in [2.24, 2.45) is 0 Å². The molecule has 4 aromatic rings. The molecule has 186 valence electrons. The van der Waals surface area contributed by atoms with E-state index in [1.807, 2.05) is 60.1 Å².